The molecule has 0 aliphatic carbocycles. The predicted molar refractivity (Wildman–Crippen MR) is 97.3 cm³/mol. The molecule has 0 saturated carbocycles. The third kappa shape index (κ3) is 4.01. The summed E-state index contributed by atoms with van der Waals surface area (Å²) in [6.07, 6.45) is 0. The molecule has 2 aromatic carbocycles. The zero-order chi connectivity index (χ0) is 16.3. The van der Waals surface area contributed by atoms with Gasteiger partial charge in [0, 0.05) is 31.7 Å². The van der Waals surface area contributed by atoms with Gasteiger partial charge in [0.25, 0.3) is 0 Å². The van der Waals surface area contributed by atoms with Gasteiger partial charge in [0.05, 0.1) is 0 Å². The van der Waals surface area contributed by atoms with Gasteiger partial charge in [0.15, 0.2) is 0 Å². The monoisotopic (exact) mass is 308 g/mol. The van der Waals surface area contributed by atoms with Gasteiger partial charge in [-0.2, -0.15) is 0 Å². The number of nitrogens with zero attached hydrogens (tertiary/aromatic N) is 1. The first-order chi connectivity index (χ1) is 11.0. The molecule has 0 amide bonds. The Morgan fingerprint density at radius 1 is 0.957 bits per heavy atom. The van der Waals surface area contributed by atoms with Crippen LogP contribution in [0.2, 0.25) is 0 Å². The van der Waals surface area contributed by atoms with Gasteiger partial charge in [-0.05, 0) is 16.5 Å². The van der Waals surface area contributed by atoms with Crippen LogP contribution in [0.1, 0.15) is 37.9 Å². The lowest BCUT2D eigenvalue weighted by Gasteiger charge is -2.46. The van der Waals surface area contributed by atoms with Crippen molar-refractivity contribution in [3.63, 3.8) is 0 Å². The molecule has 1 aliphatic heterocycles. The highest BCUT2D eigenvalue weighted by molar-refractivity contribution is 5.21. The number of piperazine rings is 1. The van der Waals surface area contributed by atoms with Crippen molar-refractivity contribution in [2.75, 3.05) is 13.1 Å². The van der Waals surface area contributed by atoms with Crippen LogP contribution < -0.4 is 5.32 Å². The van der Waals surface area contributed by atoms with E-state index >= 15 is 0 Å². The van der Waals surface area contributed by atoms with Crippen molar-refractivity contribution in [2.24, 2.45) is 5.41 Å². The zero-order valence-corrected chi connectivity index (χ0v) is 14.5. The van der Waals surface area contributed by atoms with E-state index in [-0.39, 0.29) is 5.41 Å². The molecule has 0 aromatic heterocycles. The molecular weight excluding hydrogens is 280 g/mol. The molecule has 1 fully saturated rings. The molecule has 1 aliphatic rings. The highest BCUT2D eigenvalue weighted by Crippen LogP contribution is 2.31. The Bertz CT molecular complexity index is 601. The summed E-state index contributed by atoms with van der Waals surface area (Å²) in [6.45, 7) is 10.2. The quantitative estimate of drug-likeness (QED) is 0.912. The fourth-order valence-corrected chi connectivity index (χ4v) is 3.56. The highest BCUT2D eigenvalue weighted by atomic mass is 15.2. The molecule has 2 unspecified atom stereocenters. The van der Waals surface area contributed by atoms with Gasteiger partial charge in [-0.3, -0.25) is 4.90 Å². The standard InChI is InChI=1S/C21H28N2/c1-21(2,3)20-14-22-19(18-12-8-5-9-13-18)16-23(20)15-17-10-6-4-7-11-17/h4-13,19-20,22H,14-16H2,1-3H3. The van der Waals surface area contributed by atoms with Crippen LogP contribution in [0, 0.1) is 5.41 Å². The second kappa shape index (κ2) is 6.86. The van der Waals surface area contributed by atoms with Crippen LogP contribution >= 0.6 is 0 Å². The average molecular weight is 308 g/mol. The average Bonchev–Trinajstić information content (AvgIpc) is 2.55. The molecule has 2 aromatic rings. The van der Waals surface area contributed by atoms with Crippen LogP contribution in [0.15, 0.2) is 60.7 Å². The third-order valence-electron chi connectivity index (χ3n) is 4.85. The highest BCUT2D eigenvalue weighted by Gasteiger charge is 2.35. The smallest absolute Gasteiger partial charge is 0.0450 e. The minimum atomic E-state index is 0.267. The van der Waals surface area contributed by atoms with Crippen molar-refractivity contribution in [3.05, 3.63) is 71.8 Å². The first-order valence-corrected chi connectivity index (χ1v) is 8.60. The fraction of sp³-hybridized carbons (Fsp3) is 0.429. The molecule has 2 atom stereocenters. The molecule has 0 spiro atoms. The second-order valence-corrected chi connectivity index (χ2v) is 7.67. The van der Waals surface area contributed by atoms with Crippen molar-refractivity contribution < 1.29 is 0 Å². The van der Waals surface area contributed by atoms with E-state index in [0.717, 1.165) is 19.6 Å². The van der Waals surface area contributed by atoms with Crippen LogP contribution in [0.25, 0.3) is 0 Å². The Balaban J connectivity index is 1.80. The Labute approximate surface area is 140 Å². The van der Waals surface area contributed by atoms with Gasteiger partial charge in [-0.25, -0.2) is 0 Å². The second-order valence-electron chi connectivity index (χ2n) is 7.67. The molecule has 1 heterocycles. The van der Waals surface area contributed by atoms with Gasteiger partial charge in [-0.15, -0.1) is 0 Å². The Morgan fingerprint density at radius 3 is 2.17 bits per heavy atom. The van der Waals surface area contributed by atoms with Crippen molar-refractivity contribution in [2.45, 2.75) is 39.4 Å². The van der Waals surface area contributed by atoms with E-state index in [1.807, 2.05) is 0 Å². The predicted octanol–water partition coefficient (Wildman–Crippen LogP) is 4.25. The molecule has 0 bridgehead atoms. The maximum absolute atomic E-state index is 3.77. The normalized spacial score (nSPS) is 22.9. The Morgan fingerprint density at radius 2 is 1.57 bits per heavy atom. The van der Waals surface area contributed by atoms with Crippen LogP contribution in [0.3, 0.4) is 0 Å². The topological polar surface area (TPSA) is 15.3 Å². The molecule has 1 N–H and O–H groups in total. The maximum Gasteiger partial charge on any atom is 0.0450 e. The lowest BCUT2D eigenvalue weighted by atomic mass is 9.83. The fourth-order valence-electron chi connectivity index (χ4n) is 3.56. The van der Waals surface area contributed by atoms with Gasteiger partial charge in [0.1, 0.15) is 0 Å². The van der Waals surface area contributed by atoms with Crippen molar-refractivity contribution in [1.82, 2.24) is 10.2 Å². The van der Waals surface area contributed by atoms with E-state index in [1.165, 1.54) is 11.1 Å². The first kappa shape index (κ1) is 16.2. The number of hydrogen-bond acceptors (Lipinski definition) is 2. The molecule has 122 valence electrons. The lowest BCUT2D eigenvalue weighted by Crippen LogP contribution is -2.57. The number of rotatable bonds is 3. The summed E-state index contributed by atoms with van der Waals surface area (Å²) >= 11 is 0. The minimum absolute atomic E-state index is 0.267. The van der Waals surface area contributed by atoms with E-state index in [9.17, 15) is 0 Å². The molecule has 3 rings (SSSR count). The van der Waals surface area contributed by atoms with Gasteiger partial charge < -0.3 is 5.32 Å². The Kier molecular flexibility index (Phi) is 4.84. The van der Waals surface area contributed by atoms with Crippen molar-refractivity contribution in [1.29, 1.82) is 0 Å². The zero-order valence-electron chi connectivity index (χ0n) is 14.5. The first-order valence-electron chi connectivity index (χ1n) is 8.60. The van der Waals surface area contributed by atoms with E-state index in [0.29, 0.717) is 12.1 Å². The van der Waals surface area contributed by atoms with Crippen molar-refractivity contribution in [3.8, 4) is 0 Å². The molecule has 1 saturated heterocycles. The lowest BCUT2D eigenvalue weighted by molar-refractivity contribution is 0.0490. The van der Waals surface area contributed by atoms with Gasteiger partial charge in [-0.1, -0.05) is 81.4 Å². The summed E-state index contributed by atoms with van der Waals surface area (Å²) in [5, 5.41) is 3.77. The number of hydrogen-bond donors (Lipinski definition) is 1. The largest absolute Gasteiger partial charge is 0.307 e. The summed E-state index contributed by atoms with van der Waals surface area (Å²) < 4.78 is 0. The number of benzene rings is 2. The molecule has 23 heavy (non-hydrogen) atoms. The van der Waals surface area contributed by atoms with E-state index < -0.39 is 0 Å². The van der Waals surface area contributed by atoms with Crippen LogP contribution in [0.5, 0.6) is 0 Å². The third-order valence-corrected chi connectivity index (χ3v) is 4.85. The molecule has 0 radical (unpaired) electrons. The van der Waals surface area contributed by atoms with Gasteiger partial charge in [0.2, 0.25) is 0 Å². The van der Waals surface area contributed by atoms with E-state index in [2.05, 4.69) is 91.7 Å². The summed E-state index contributed by atoms with van der Waals surface area (Å²) in [6, 6.07) is 22.6. The maximum atomic E-state index is 3.77. The summed E-state index contributed by atoms with van der Waals surface area (Å²) in [4.78, 5) is 2.66. The molecule has 2 nitrogen and oxygen atoms in total. The van der Waals surface area contributed by atoms with Crippen LogP contribution in [0.4, 0.5) is 0 Å². The summed E-state index contributed by atoms with van der Waals surface area (Å²) in [5.74, 6) is 0. The van der Waals surface area contributed by atoms with Gasteiger partial charge >= 0.3 is 0 Å². The minimum Gasteiger partial charge on any atom is -0.307 e. The molecular formula is C21H28N2. The summed E-state index contributed by atoms with van der Waals surface area (Å²) in [7, 11) is 0. The Hall–Kier alpha value is -1.64. The van der Waals surface area contributed by atoms with Crippen molar-refractivity contribution >= 4 is 0 Å². The van der Waals surface area contributed by atoms with Crippen LogP contribution in [-0.2, 0) is 6.54 Å². The number of nitrogens with one attached hydrogen (secondary N) is 1. The SMILES string of the molecule is CC(C)(C)C1CNC(c2ccccc2)CN1Cc1ccccc1. The molecule has 2 heteroatoms. The summed E-state index contributed by atoms with van der Waals surface area (Å²) in [5.41, 5.74) is 3.05. The van der Waals surface area contributed by atoms with E-state index in [1.54, 1.807) is 0 Å². The van der Waals surface area contributed by atoms with Crippen LogP contribution in [-0.4, -0.2) is 24.0 Å². The van der Waals surface area contributed by atoms with E-state index in [4.69, 9.17) is 0 Å².